The van der Waals surface area contributed by atoms with E-state index in [-0.39, 0.29) is 0 Å². The number of nitrogens with one attached hydrogen (secondary N) is 2. The van der Waals surface area contributed by atoms with Crippen LogP contribution in [0.1, 0.15) is 11.1 Å². The predicted molar refractivity (Wildman–Crippen MR) is 98.0 cm³/mol. The maximum absolute atomic E-state index is 12.2. The van der Waals surface area contributed by atoms with E-state index < -0.39 is 38.0 Å². The van der Waals surface area contributed by atoms with Gasteiger partial charge in [0.25, 0.3) is 21.6 Å². The topological polar surface area (TPSA) is 128 Å². The van der Waals surface area contributed by atoms with Gasteiger partial charge in [0.15, 0.2) is 11.5 Å². The summed E-state index contributed by atoms with van der Waals surface area (Å²) in [6, 6.07) is 8.05. The Labute approximate surface area is 160 Å². The van der Waals surface area contributed by atoms with Crippen LogP contribution in [0.2, 0.25) is 5.02 Å². The van der Waals surface area contributed by atoms with Crippen LogP contribution < -0.4 is 15.0 Å². The van der Waals surface area contributed by atoms with E-state index in [0.29, 0.717) is 10.8 Å². The molecule has 0 aliphatic carbocycles. The molecule has 0 unspecified atom stereocenters. The number of para-hydroxylation sites is 1. The maximum atomic E-state index is 12.2. The second-order valence-electron chi connectivity index (χ2n) is 5.54. The molecule has 0 heterocycles. The molecule has 144 valence electrons. The number of halogens is 1. The molecular weight excluding hydrogens is 398 g/mol. The van der Waals surface area contributed by atoms with E-state index in [1.165, 1.54) is 12.1 Å². The molecule has 0 aliphatic rings. The molecule has 1 amide bonds. The van der Waals surface area contributed by atoms with E-state index >= 15 is 0 Å². The predicted octanol–water partition coefficient (Wildman–Crippen LogP) is 2.25. The van der Waals surface area contributed by atoms with Crippen molar-refractivity contribution in [1.82, 2.24) is 10.3 Å². The summed E-state index contributed by atoms with van der Waals surface area (Å²) in [7, 11) is -4.33. The quantitative estimate of drug-likeness (QED) is 0.529. The van der Waals surface area contributed by atoms with Gasteiger partial charge in [-0.2, -0.15) is 0 Å². The highest BCUT2D eigenvalue weighted by molar-refractivity contribution is 7.89. The van der Waals surface area contributed by atoms with Crippen LogP contribution >= 0.6 is 11.6 Å². The summed E-state index contributed by atoms with van der Waals surface area (Å²) in [5, 5.41) is 11.5. The minimum atomic E-state index is -4.33. The monoisotopic (exact) mass is 413 g/mol. The number of hydrogen-bond donors (Lipinski definition) is 2. The minimum Gasteiger partial charge on any atom is -0.484 e. The van der Waals surface area contributed by atoms with Crippen LogP contribution in [-0.2, 0) is 14.8 Å². The highest BCUT2D eigenvalue weighted by Crippen LogP contribution is 2.26. The lowest BCUT2D eigenvalue weighted by Crippen LogP contribution is -2.43. The molecule has 0 atom stereocenters. The number of nitrogens with zero attached hydrogens (tertiary/aromatic N) is 1. The second kappa shape index (κ2) is 8.33. The summed E-state index contributed by atoms with van der Waals surface area (Å²) in [6.07, 6.45) is 0. The number of sulfonamides is 1. The number of aryl methyl sites for hydroxylation is 2. The molecule has 0 spiro atoms. The number of ether oxygens (including phenoxy) is 1. The van der Waals surface area contributed by atoms with Crippen LogP contribution in [-0.4, -0.2) is 25.9 Å². The van der Waals surface area contributed by atoms with Gasteiger partial charge < -0.3 is 4.74 Å². The first-order chi connectivity index (χ1) is 12.6. The van der Waals surface area contributed by atoms with E-state index in [9.17, 15) is 23.3 Å². The van der Waals surface area contributed by atoms with Gasteiger partial charge in [0.05, 0.1) is 4.92 Å². The molecule has 0 fully saturated rings. The molecule has 2 aromatic rings. The maximum Gasteiger partial charge on any atom is 0.289 e. The molecule has 2 rings (SSSR count). The van der Waals surface area contributed by atoms with Gasteiger partial charge in [0.2, 0.25) is 0 Å². The van der Waals surface area contributed by atoms with Crippen molar-refractivity contribution in [3.63, 3.8) is 0 Å². The Kier molecular flexibility index (Phi) is 6.37. The van der Waals surface area contributed by atoms with Crippen molar-refractivity contribution in [2.24, 2.45) is 0 Å². The second-order valence-corrected chi connectivity index (χ2v) is 7.57. The zero-order chi connectivity index (χ0) is 20.2. The van der Waals surface area contributed by atoms with Gasteiger partial charge in [-0.1, -0.05) is 23.7 Å². The molecule has 0 aliphatic heterocycles. The Morgan fingerprint density at radius 1 is 1.22 bits per heavy atom. The lowest BCUT2D eigenvalue weighted by Gasteiger charge is -2.11. The number of benzene rings is 2. The van der Waals surface area contributed by atoms with Gasteiger partial charge in [-0.15, -0.1) is 4.83 Å². The van der Waals surface area contributed by atoms with Gasteiger partial charge in [0, 0.05) is 11.1 Å². The molecule has 0 saturated carbocycles. The first kappa shape index (κ1) is 20.6. The van der Waals surface area contributed by atoms with E-state index in [4.69, 9.17) is 16.3 Å². The first-order valence-electron chi connectivity index (χ1n) is 7.55. The Balaban J connectivity index is 2.00. The average molecular weight is 414 g/mol. The zero-order valence-corrected chi connectivity index (χ0v) is 15.9. The zero-order valence-electron chi connectivity index (χ0n) is 14.4. The van der Waals surface area contributed by atoms with Gasteiger partial charge >= 0.3 is 0 Å². The van der Waals surface area contributed by atoms with Crippen molar-refractivity contribution in [2.45, 2.75) is 18.7 Å². The largest absolute Gasteiger partial charge is 0.484 e. The SMILES string of the molecule is Cc1cc(OCC(=O)NNS(=O)(=O)c2ccccc2[N+](=O)[O-])cc(C)c1Cl. The van der Waals surface area contributed by atoms with Crippen LogP contribution in [0, 0.1) is 24.0 Å². The van der Waals surface area contributed by atoms with Crippen molar-refractivity contribution in [3.8, 4) is 5.75 Å². The summed E-state index contributed by atoms with van der Waals surface area (Å²) in [6.45, 7) is 3.09. The molecule has 9 nitrogen and oxygen atoms in total. The number of hydrazine groups is 1. The van der Waals surface area contributed by atoms with Crippen LogP contribution in [0.3, 0.4) is 0 Å². The Hall–Kier alpha value is -2.69. The number of nitro benzene ring substituents is 1. The van der Waals surface area contributed by atoms with Crippen molar-refractivity contribution < 1.29 is 22.9 Å². The van der Waals surface area contributed by atoms with Crippen molar-refractivity contribution in [3.05, 3.63) is 62.7 Å². The van der Waals surface area contributed by atoms with Crippen molar-refractivity contribution in [1.29, 1.82) is 0 Å². The number of carbonyl (C=O) groups excluding carboxylic acids is 1. The summed E-state index contributed by atoms with van der Waals surface area (Å²) < 4.78 is 29.7. The number of carbonyl (C=O) groups is 1. The van der Waals surface area contributed by atoms with Crippen molar-refractivity contribution in [2.75, 3.05) is 6.61 Å². The fourth-order valence-electron chi connectivity index (χ4n) is 2.19. The molecule has 2 N–H and O–H groups in total. The van der Waals surface area contributed by atoms with Gasteiger partial charge in [-0.05, 0) is 43.2 Å². The number of nitro groups is 1. The highest BCUT2D eigenvalue weighted by atomic mass is 35.5. The number of hydrogen-bond acceptors (Lipinski definition) is 6. The Morgan fingerprint density at radius 3 is 2.41 bits per heavy atom. The van der Waals surface area contributed by atoms with E-state index in [1.54, 1.807) is 30.8 Å². The molecule has 11 heteroatoms. The molecule has 0 aromatic heterocycles. The third-order valence-electron chi connectivity index (χ3n) is 3.46. The lowest BCUT2D eigenvalue weighted by molar-refractivity contribution is -0.387. The first-order valence-corrected chi connectivity index (χ1v) is 9.41. The number of amides is 1. The fraction of sp³-hybridized carbons (Fsp3) is 0.188. The van der Waals surface area contributed by atoms with E-state index in [2.05, 4.69) is 0 Å². The molecule has 0 bridgehead atoms. The third kappa shape index (κ3) is 5.16. The lowest BCUT2D eigenvalue weighted by atomic mass is 10.1. The summed E-state index contributed by atoms with van der Waals surface area (Å²) >= 11 is 6.05. The highest BCUT2D eigenvalue weighted by Gasteiger charge is 2.25. The van der Waals surface area contributed by atoms with Gasteiger partial charge in [0.1, 0.15) is 5.75 Å². The minimum absolute atomic E-state index is 0.395. The third-order valence-corrected chi connectivity index (χ3v) is 5.35. The number of rotatable bonds is 7. The molecular formula is C16H16ClN3O6S. The van der Waals surface area contributed by atoms with Gasteiger partial charge in [-0.3, -0.25) is 20.3 Å². The van der Waals surface area contributed by atoms with E-state index in [0.717, 1.165) is 23.3 Å². The smallest absolute Gasteiger partial charge is 0.289 e. The molecule has 0 radical (unpaired) electrons. The van der Waals surface area contributed by atoms with E-state index in [1.807, 2.05) is 5.43 Å². The standard InChI is InChI=1S/C16H16ClN3O6S/c1-10-7-12(8-11(2)16(10)17)26-9-15(21)18-19-27(24,25)14-6-4-3-5-13(14)20(22)23/h3-8,19H,9H2,1-2H3,(H,18,21). The fourth-order valence-corrected chi connectivity index (χ4v) is 3.33. The summed E-state index contributed by atoms with van der Waals surface area (Å²) in [5.41, 5.74) is 2.87. The average Bonchev–Trinajstić information content (AvgIpc) is 2.62. The van der Waals surface area contributed by atoms with Crippen molar-refractivity contribution >= 4 is 33.2 Å². The Morgan fingerprint density at radius 2 is 1.81 bits per heavy atom. The van der Waals surface area contributed by atoms with Crippen LogP contribution in [0.4, 0.5) is 5.69 Å². The normalized spacial score (nSPS) is 11.1. The molecule has 2 aromatic carbocycles. The summed E-state index contributed by atoms with van der Waals surface area (Å²) in [4.78, 5) is 23.2. The molecule has 27 heavy (non-hydrogen) atoms. The van der Waals surface area contributed by atoms with Gasteiger partial charge in [-0.25, -0.2) is 8.42 Å². The van der Waals surface area contributed by atoms with Crippen LogP contribution in [0.5, 0.6) is 5.75 Å². The van der Waals surface area contributed by atoms with Crippen LogP contribution in [0.15, 0.2) is 41.3 Å². The van der Waals surface area contributed by atoms with Crippen LogP contribution in [0.25, 0.3) is 0 Å². The summed E-state index contributed by atoms with van der Waals surface area (Å²) in [5.74, 6) is -0.395. The Bertz CT molecular complexity index is 970. The molecule has 0 saturated heterocycles.